The Labute approximate surface area is 183 Å². The molecule has 0 bridgehead atoms. The van der Waals surface area contributed by atoms with Crippen molar-refractivity contribution in [2.75, 3.05) is 11.5 Å². The van der Waals surface area contributed by atoms with Crippen LogP contribution in [0.25, 0.3) is 0 Å². The van der Waals surface area contributed by atoms with Gasteiger partial charge in [0.2, 0.25) is 0 Å². The zero-order chi connectivity index (χ0) is 22.2. The number of anilines is 2. The molecule has 3 aromatic rings. The van der Waals surface area contributed by atoms with E-state index in [0.717, 1.165) is 28.3 Å². The normalized spacial score (nSPS) is 11.7. The van der Waals surface area contributed by atoms with E-state index in [2.05, 4.69) is 84.9 Å². The minimum absolute atomic E-state index is 0.224. The standard InChI is InChI=1S/C26H33N2OS/c1-16-18(3)24(14-12-22(16)27)30(25-15-13-23(28)17(2)19(25)4)21-10-8-20(9-11-21)29-26(5,6)7/h8-15H,27-28H2,1-7H3/q+1. The Morgan fingerprint density at radius 3 is 1.47 bits per heavy atom. The summed E-state index contributed by atoms with van der Waals surface area (Å²) in [7, 11) is -0.273. The van der Waals surface area contributed by atoms with Gasteiger partial charge in [0.25, 0.3) is 0 Å². The predicted molar refractivity (Wildman–Crippen MR) is 130 cm³/mol. The van der Waals surface area contributed by atoms with Crippen LogP contribution in [0.1, 0.15) is 43.0 Å². The van der Waals surface area contributed by atoms with Gasteiger partial charge in [-0.3, -0.25) is 0 Å². The first-order valence-electron chi connectivity index (χ1n) is 10.2. The number of hydrogen-bond acceptors (Lipinski definition) is 3. The molecule has 0 spiro atoms. The molecule has 3 rings (SSSR count). The number of benzene rings is 3. The molecule has 3 nitrogen and oxygen atoms in total. The maximum atomic E-state index is 6.19. The van der Waals surface area contributed by atoms with Crippen molar-refractivity contribution in [3.63, 3.8) is 0 Å². The molecule has 0 heterocycles. The summed E-state index contributed by atoms with van der Waals surface area (Å²) >= 11 is 0. The highest BCUT2D eigenvalue weighted by molar-refractivity contribution is 7.97. The largest absolute Gasteiger partial charge is 0.488 e. The quantitative estimate of drug-likeness (QED) is 0.381. The van der Waals surface area contributed by atoms with Crippen molar-refractivity contribution in [3.8, 4) is 5.75 Å². The van der Waals surface area contributed by atoms with Crippen LogP contribution in [-0.2, 0) is 10.9 Å². The van der Waals surface area contributed by atoms with Crippen LogP contribution >= 0.6 is 0 Å². The van der Waals surface area contributed by atoms with E-state index < -0.39 is 0 Å². The summed E-state index contributed by atoms with van der Waals surface area (Å²) in [5.74, 6) is 0.880. The maximum Gasteiger partial charge on any atom is 0.169 e. The van der Waals surface area contributed by atoms with Crippen molar-refractivity contribution >= 4 is 22.3 Å². The monoisotopic (exact) mass is 421 g/mol. The average Bonchev–Trinajstić information content (AvgIpc) is 2.67. The number of nitrogen functional groups attached to an aromatic ring is 2. The summed E-state index contributed by atoms with van der Waals surface area (Å²) < 4.78 is 6.04. The number of rotatable bonds is 4. The zero-order valence-corrected chi connectivity index (χ0v) is 19.9. The summed E-state index contributed by atoms with van der Waals surface area (Å²) in [5, 5.41) is 0. The Morgan fingerprint density at radius 2 is 1.07 bits per heavy atom. The number of ether oxygens (including phenoxy) is 1. The van der Waals surface area contributed by atoms with Gasteiger partial charge in [-0.2, -0.15) is 0 Å². The molecule has 0 amide bonds. The lowest BCUT2D eigenvalue weighted by Crippen LogP contribution is -2.22. The highest BCUT2D eigenvalue weighted by Gasteiger charge is 2.33. The van der Waals surface area contributed by atoms with Crippen LogP contribution in [0, 0.1) is 27.7 Å². The summed E-state index contributed by atoms with van der Waals surface area (Å²) in [4.78, 5) is 3.83. The second-order valence-corrected chi connectivity index (χ2v) is 10.8. The smallest absolute Gasteiger partial charge is 0.169 e. The zero-order valence-electron chi connectivity index (χ0n) is 19.1. The van der Waals surface area contributed by atoms with Gasteiger partial charge < -0.3 is 16.2 Å². The van der Waals surface area contributed by atoms with E-state index in [4.69, 9.17) is 16.2 Å². The minimum atomic E-state index is -0.273. The van der Waals surface area contributed by atoms with Crippen molar-refractivity contribution in [1.29, 1.82) is 0 Å². The fourth-order valence-electron chi connectivity index (χ4n) is 3.45. The molecular formula is C26H33N2OS+. The molecule has 0 atom stereocenters. The van der Waals surface area contributed by atoms with Crippen LogP contribution in [0.15, 0.2) is 63.2 Å². The van der Waals surface area contributed by atoms with E-state index in [0.29, 0.717) is 0 Å². The molecule has 0 saturated heterocycles. The van der Waals surface area contributed by atoms with Crippen LogP contribution in [0.3, 0.4) is 0 Å². The van der Waals surface area contributed by atoms with Crippen molar-refractivity contribution in [1.82, 2.24) is 0 Å². The third kappa shape index (κ3) is 4.44. The van der Waals surface area contributed by atoms with E-state index in [-0.39, 0.29) is 16.5 Å². The van der Waals surface area contributed by atoms with Crippen LogP contribution in [0.5, 0.6) is 5.75 Å². The van der Waals surface area contributed by atoms with Crippen molar-refractivity contribution in [2.24, 2.45) is 0 Å². The molecule has 0 radical (unpaired) electrons. The lowest BCUT2D eigenvalue weighted by atomic mass is 10.1. The van der Waals surface area contributed by atoms with E-state index in [1.807, 2.05) is 12.1 Å². The van der Waals surface area contributed by atoms with Gasteiger partial charge in [0.15, 0.2) is 14.7 Å². The molecule has 0 fully saturated rings. The lowest BCUT2D eigenvalue weighted by Gasteiger charge is -2.21. The van der Waals surface area contributed by atoms with Crippen molar-refractivity contribution < 1.29 is 4.74 Å². The summed E-state index contributed by atoms with van der Waals surface area (Å²) in [6.07, 6.45) is 0. The molecule has 0 aromatic heterocycles. The van der Waals surface area contributed by atoms with Gasteiger partial charge in [-0.25, -0.2) is 0 Å². The SMILES string of the molecule is Cc1c(N)ccc([S+](c2ccc(OC(C)(C)C)cc2)c2ccc(N)c(C)c2C)c1C. The van der Waals surface area contributed by atoms with Gasteiger partial charge in [-0.1, -0.05) is 0 Å². The highest BCUT2D eigenvalue weighted by Crippen LogP contribution is 2.39. The lowest BCUT2D eigenvalue weighted by molar-refractivity contribution is 0.131. The average molecular weight is 422 g/mol. The first kappa shape index (κ1) is 22.1. The van der Waals surface area contributed by atoms with Gasteiger partial charge in [0, 0.05) is 22.5 Å². The summed E-state index contributed by atoms with van der Waals surface area (Å²) in [6, 6.07) is 16.9. The number of nitrogens with two attached hydrogens (primary N) is 2. The molecule has 0 unspecified atom stereocenters. The molecule has 0 saturated carbocycles. The Bertz CT molecular complexity index is 1010. The third-order valence-electron chi connectivity index (χ3n) is 5.48. The highest BCUT2D eigenvalue weighted by atomic mass is 32.2. The number of hydrogen-bond donors (Lipinski definition) is 2. The van der Waals surface area contributed by atoms with E-state index in [1.54, 1.807) is 0 Å². The molecule has 0 aliphatic rings. The Hall–Kier alpha value is -2.59. The summed E-state index contributed by atoms with van der Waals surface area (Å²) in [5.41, 5.74) is 18.6. The van der Waals surface area contributed by atoms with Crippen molar-refractivity contribution in [2.45, 2.75) is 68.8 Å². The molecule has 30 heavy (non-hydrogen) atoms. The Kier molecular flexibility index (Phi) is 6.09. The third-order valence-corrected chi connectivity index (χ3v) is 7.99. The van der Waals surface area contributed by atoms with E-state index in [9.17, 15) is 0 Å². The minimum Gasteiger partial charge on any atom is -0.488 e. The fraction of sp³-hybridized carbons (Fsp3) is 0.308. The molecular weight excluding hydrogens is 388 g/mol. The fourth-order valence-corrected chi connectivity index (χ4v) is 5.93. The maximum absolute atomic E-state index is 6.19. The molecule has 0 aliphatic heterocycles. The van der Waals surface area contributed by atoms with Crippen LogP contribution < -0.4 is 16.2 Å². The van der Waals surface area contributed by atoms with Gasteiger partial charge in [0.1, 0.15) is 11.4 Å². The summed E-state index contributed by atoms with van der Waals surface area (Å²) in [6.45, 7) is 14.7. The first-order chi connectivity index (χ1) is 14.0. The molecule has 4 N–H and O–H groups in total. The molecule has 158 valence electrons. The molecule has 3 aromatic carbocycles. The molecule has 0 aliphatic carbocycles. The van der Waals surface area contributed by atoms with Gasteiger partial charge in [0.05, 0.1) is 10.9 Å². The first-order valence-corrected chi connectivity index (χ1v) is 11.5. The van der Waals surface area contributed by atoms with Crippen LogP contribution in [0.4, 0.5) is 11.4 Å². The Morgan fingerprint density at radius 1 is 0.633 bits per heavy atom. The predicted octanol–water partition coefficient (Wildman–Crippen LogP) is 6.36. The molecule has 4 heteroatoms. The van der Waals surface area contributed by atoms with E-state index >= 15 is 0 Å². The van der Waals surface area contributed by atoms with Crippen LogP contribution in [-0.4, -0.2) is 5.60 Å². The van der Waals surface area contributed by atoms with Gasteiger partial charge >= 0.3 is 0 Å². The van der Waals surface area contributed by atoms with Gasteiger partial charge in [-0.05, 0) is 108 Å². The second kappa shape index (κ2) is 8.27. The van der Waals surface area contributed by atoms with Gasteiger partial charge in [-0.15, -0.1) is 0 Å². The van der Waals surface area contributed by atoms with Crippen molar-refractivity contribution in [3.05, 3.63) is 70.8 Å². The van der Waals surface area contributed by atoms with E-state index in [1.165, 1.54) is 25.8 Å². The topological polar surface area (TPSA) is 61.3 Å². The Balaban J connectivity index is 2.19. The second-order valence-electron chi connectivity index (χ2n) is 8.80. The van der Waals surface area contributed by atoms with Crippen LogP contribution in [0.2, 0.25) is 0 Å².